The number of methoxy groups -OCH3 is 1. The van der Waals surface area contributed by atoms with Crippen LogP contribution in [-0.2, 0) is 20.9 Å². The Morgan fingerprint density at radius 3 is 2.71 bits per heavy atom. The summed E-state index contributed by atoms with van der Waals surface area (Å²) in [6.07, 6.45) is 1.17. The molecule has 1 saturated carbocycles. The summed E-state index contributed by atoms with van der Waals surface area (Å²) in [4.78, 5) is 24.4. The number of hydrogen-bond acceptors (Lipinski definition) is 4. The van der Waals surface area contributed by atoms with Crippen molar-refractivity contribution in [1.29, 1.82) is 0 Å². The number of amides is 1. The topological polar surface area (TPSA) is 55.4 Å². The summed E-state index contributed by atoms with van der Waals surface area (Å²) in [7, 11) is 1.31. The normalized spacial score (nSPS) is 16.4. The summed E-state index contributed by atoms with van der Waals surface area (Å²) in [5.74, 6) is -0.656. The first-order valence-corrected chi connectivity index (χ1v) is 6.80. The molecule has 0 radical (unpaired) electrons. The highest BCUT2D eigenvalue weighted by Crippen LogP contribution is 2.47. The highest BCUT2D eigenvalue weighted by Gasteiger charge is 2.57. The van der Waals surface area contributed by atoms with Gasteiger partial charge in [0.1, 0.15) is 5.41 Å². The molecule has 6 heteroatoms. The van der Waals surface area contributed by atoms with E-state index in [9.17, 15) is 9.59 Å². The molecule has 0 atom stereocenters. The first-order chi connectivity index (χ1) is 8.08. The van der Waals surface area contributed by atoms with Crippen LogP contribution in [-0.4, -0.2) is 19.0 Å². The van der Waals surface area contributed by atoms with E-state index in [4.69, 9.17) is 0 Å². The molecule has 1 amide bonds. The van der Waals surface area contributed by atoms with Gasteiger partial charge in [-0.25, -0.2) is 0 Å². The number of hydrogen-bond donors (Lipinski definition) is 1. The fourth-order valence-corrected chi connectivity index (χ4v) is 3.05. The van der Waals surface area contributed by atoms with Crippen molar-refractivity contribution in [2.45, 2.75) is 19.4 Å². The molecule has 4 nitrogen and oxygen atoms in total. The predicted molar refractivity (Wildman–Crippen MR) is 67.5 cm³/mol. The molecule has 0 unspecified atom stereocenters. The predicted octanol–water partition coefficient (Wildman–Crippen LogP) is 2.08. The second-order valence-electron chi connectivity index (χ2n) is 3.96. The minimum Gasteiger partial charge on any atom is -0.468 e. The van der Waals surface area contributed by atoms with Gasteiger partial charge in [0.15, 0.2) is 0 Å². The second-order valence-corrected chi connectivity index (χ2v) is 6.51. The van der Waals surface area contributed by atoms with E-state index in [2.05, 4.69) is 26.0 Å². The van der Waals surface area contributed by atoms with Crippen LogP contribution in [0.3, 0.4) is 0 Å². The summed E-state index contributed by atoms with van der Waals surface area (Å²) >= 11 is 4.92. The Bertz CT molecular complexity index is 453. The van der Waals surface area contributed by atoms with Crippen LogP contribution in [0.25, 0.3) is 0 Å². The molecule has 1 N–H and O–H groups in total. The highest BCUT2D eigenvalue weighted by molar-refractivity contribution is 9.11. The van der Waals surface area contributed by atoms with Gasteiger partial charge >= 0.3 is 5.97 Å². The minimum atomic E-state index is -0.913. The van der Waals surface area contributed by atoms with Crippen LogP contribution in [0.2, 0.25) is 0 Å². The molecular weight excluding hydrogens is 306 g/mol. The molecule has 1 heterocycles. The van der Waals surface area contributed by atoms with Crippen LogP contribution < -0.4 is 5.32 Å². The van der Waals surface area contributed by atoms with Crippen LogP contribution in [0.15, 0.2) is 15.9 Å². The Kier molecular flexibility index (Phi) is 3.53. The summed E-state index contributed by atoms with van der Waals surface area (Å²) in [6, 6.07) is 3.87. The molecule has 1 aliphatic rings. The van der Waals surface area contributed by atoms with Crippen molar-refractivity contribution in [1.82, 2.24) is 5.32 Å². The summed E-state index contributed by atoms with van der Waals surface area (Å²) < 4.78 is 5.67. The second kappa shape index (κ2) is 4.78. The standard InChI is InChI=1S/C11H12BrNO3S/c1-16-10(15)11(4-5-11)9(14)13-6-7-2-3-8(12)17-7/h2-3H,4-6H2,1H3,(H,13,14). The van der Waals surface area contributed by atoms with E-state index in [1.54, 1.807) is 11.3 Å². The lowest BCUT2D eigenvalue weighted by atomic mass is 10.1. The molecule has 1 aliphatic carbocycles. The van der Waals surface area contributed by atoms with E-state index in [1.165, 1.54) is 7.11 Å². The molecule has 92 valence electrons. The number of esters is 1. The van der Waals surface area contributed by atoms with Gasteiger partial charge in [0.05, 0.1) is 17.4 Å². The van der Waals surface area contributed by atoms with E-state index < -0.39 is 11.4 Å². The average Bonchev–Trinajstić information content (AvgIpc) is 3.04. The number of rotatable bonds is 4. The van der Waals surface area contributed by atoms with Crippen molar-refractivity contribution in [3.63, 3.8) is 0 Å². The SMILES string of the molecule is COC(=O)C1(C(=O)NCc2ccc(Br)s2)CC1. The molecule has 0 spiro atoms. The molecule has 1 aromatic heterocycles. The minimum absolute atomic E-state index is 0.228. The zero-order valence-electron chi connectivity index (χ0n) is 9.29. The van der Waals surface area contributed by atoms with E-state index in [1.807, 2.05) is 12.1 Å². The fraction of sp³-hybridized carbons (Fsp3) is 0.455. The molecule has 1 aromatic rings. The maximum absolute atomic E-state index is 11.9. The first-order valence-electron chi connectivity index (χ1n) is 5.19. The Morgan fingerprint density at radius 1 is 1.53 bits per heavy atom. The molecule has 0 bridgehead atoms. The van der Waals surface area contributed by atoms with Crippen molar-refractivity contribution in [3.05, 3.63) is 20.8 Å². The quantitative estimate of drug-likeness (QED) is 0.683. The third kappa shape index (κ3) is 2.52. The van der Waals surface area contributed by atoms with Gasteiger partial charge in [-0.2, -0.15) is 0 Å². The van der Waals surface area contributed by atoms with Crippen LogP contribution in [0.5, 0.6) is 0 Å². The molecule has 0 aromatic carbocycles. The van der Waals surface area contributed by atoms with E-state index in [0.717, 1.165) is 8.66 Å². The monoisotopic (exact) mass is 317 g/mol. The third-order valence-electron chi connectivity index (χ3n) is 2.81. The van der Waals surface area contributed by atoms with Crippen molar-refractivity contribution in [2.75, 3.05) is 7.11 Å². The largest absolute Gasteiger partial charge is 0.468 e. The maximum Gasteiger partial charge on any atom is 0.321 e. The average molecular weight is 318 g/mol. The van der Waals surface area contributed by atoms with Crippen LogP contribution in [0.1, 0.15) is 17.7 Å². The van der Waals surface area contributed by atoms with Gasteiger partial charge in [-0.1, -0.05) is 0 Å². The number of carbonyl (C=O) groups excluding carboxylic acids is 2. The van der Waals surface area contributed by atoms with Crippen molar-refractivity contribution < 1.29 is 14.3 Å². The van der Waals surface area contributed by atoms with Crippen molar-refractivity contribution in [2.24, 2.45) is 5.41 Å². The van der Waals surface area contributed by atoms with Crippen molar-refractivity contribution >= 4 is 39.1 Å². The third-order valence-corrected chi connectivity index (χ3v) is 4.44. The number of nitrogens with one attached hydrogen (secondary N) is 1. The summed E-state index contributed by atoms with van der Waals surface area (Å²) in [6.45, 7) is 0.452. The van der Waals surface area contributed by atoms with Gasteiger partial charge in [-0.15, -0.1) is 11.3 Å². The number of ether oxygens (including phenoxy) is 1. The molecule has 0 saturated heterocycles. The number of halogens is 1. The molecular formula is C11H12BrNO3S. The molecule has 1 fully saturated rings. The summed E-state index contributed by atoms with van der Waals surface area (Å²) in [5.41, 5.74) is -0.913. The van der Waals surface area contributed by atoms with Gasteiger partial charge in [0.25, 0.3) is 0 Å². The zero-order valence-corrected chi connectivity index (χ0v) is 11.7. The lowest BCUT2D eigenvalue weighted by Crippen LogP contribution is -2.37. The zero-order chi connectivity index (χ0) is 12.5. The van der Waals surface area contributed by atoms with Gasteiger partial charge in [-0.3, -0.25) is 9.59 Å². The van der Waals surface area contributed by atoms with E-state index in [-0.39, 0.29) is 5.91 Å². The lowest BCUT2D eigenvalue weighted by Gasteiger charge is -2.12. The maximum atomic E-state index is 11.9. The van der Waals surface area contributed by atoms with Gasteiger partial charge < -0.3 is 10.1 Å². The van der Waals surface area contributed by atoms with Gasteiger partial charge in [-0.05, 0) is 40.9 Å². The van der Waals surface area contributed by atoms with E-state index in [0.29, 0.717) is 19.4 Å². The van der Waals surface area contributed by atoms with Crippen LogP contribution >= 0.6 is 27.3 Å². The Labute approximate surface area is 111 Å². The van der Waals surface area contributed by atoms with E-state index >= 15 is 0 Å². The number of thiophene rings is 1. The summed E-state index contributed by atoms with van der Waals surface area (Å²) in [5, 5.41) is 2.78. The van der Waals surface area contributed by atoms with Crippen LogP contribution in [0.4, 0.5) is 0 Å². The van der Waals surface area contributed by atoms with Gasteiger partial charge in [0, 0.05) is 4.88 Å². The van der Waals surface area contributed by atoms with Crippen molar-refractivity contribution in [3.8, 4) is 0 Å². The molecule has 2 rings (SSSR count). The highest BCUT2D eigenvalue weighted by atomic mass is 79.9. The molecule has 0 aliphatic heterocycles. The first kappa shape index (κ1) is 12.6. The number of carbonyl (C=O) groups is 2. The van der Waals surface area contributed by atoms with Crippen LogP contribution in [0, 0.1) is 5.41 Å². The van der Waals surface area contributed by atoms with Gasteiger partial charge in [0.2, 0.25) is 5.91 Å². The fourth-order valence-electron chi connectivity index (χ4n) is 1.63. The lowest BCUT2D eigenvalue weighted by molar-refractivity contribution is -0.152. The Hall–Kier alpha value is -0.880. The Morgan fingerprint density at radius 2 is 2.24 bits per heavy atom. The smallest absolute Gasteiger partial charge is 0.321 e. The molecule has 17 heavy (non-hydrogen) atoms. The Balaban J connectivity index is 1.92.